The summed E-state index contributed by atoms with van der Waals surface area (Å²) in [6.45, 7) is 0. The summed E-state index contributed by atoms with van der Waals surface area (Å²) in [6.07, 6.45) is 3.28. The minimum absolute atomic E-state index is 0.236. The van der Waals surface area contributed by atoms with E-state index < -0.39 is 16.8 Å². The highest BCUT2D eigenvalue weighted by Crippen LogP contribution is 2.17. The second-order valence-corrected chi connectivity index (χ2v) is 7.19. The van der Waals surface area contributed by atoms with Crippen LogP contribution in [0.2, 0.25) is 0 Å². The molecular weight excluding hydrogens is 362 g/mol. The van der Waals surface area contributed by atoms with Crippen LogP contribution in [-0.4, -0.2) is 25.1 Å². The normalized spacial score (nSPS) is 12.0. The lowest BCUT2D eigenvalue weighted by Crippen LogP contribution is -2.09. The molecule has 1 N–H and O–H groups in total. The molecule has 0 aliphatic carbocycles. The smallest absolute Gasteiger partial charge is 0.343 e. The number of fused-ring (bicyclic) bond motifs is 1. The standard InChI is InChI=1S/C20H15N3O3S/c24-19(26-16-7-2-1-3-8-16)15-6-4-5-14(11-15)13-27(25)20-22-17-9-10-21-12-18(17)23-20/h1-12H,13H2,(H,22,23). The zero-order valence-electron chi connectivity index (χ0n) is 14.2. The monoisotopic (exact) mass is 377 g/mol. The number of nitrogens with zero attached hydrogens (tertiary/aromatic N) is 2. The first-order valence-corrected chi connectivity index (χ1v) is 9.55. The van der Waals surface area contributed by atoms with Crippen molar-refractivity contribution in [3.05, 3.63) is 84.2 Å². The summed E-state index contributed by atoms with van der Waals surface area (Å²) in [4.78, 5) is 23.7. The lowest BCUT2D eigenvalue weighted by Gasteiger charge is -2.06. The van der Waals surface area contributed by atoms with E-state index >= 15 is 0 Å². The van der Waals surface area contributed by atoms with Crippen LogP contribution in [0, 0.1) is 0 Å². The van der Waals surface area contributed by atoms with Crippen molar-refractivity contribution in [2.45, 2.75) is 10.9 Å². The van der Waals surface area contributed by atoms with Crippen LogP contribution >= 0.6 is 0 Å². The van der Waals surface area contributed by atoms with Gasteiger partial charge in [0, 0.05) is 6.20 Å². The number of carbonyl (C=O) groups is 1. The quantitative estimate of drug-likeness (QED) is 0.425. The van der Waals surface area contributed by atoms with Gasteiger partial charge in [-0.15, -0.1) is 0 Å². The SMILES string of the molecule is O=C(Oc1ccccc1)c1cccc(CS(=O)c2nc3ccncc3[nH]2)c1. The fraction of sp³-hybridized carbons (Fsp3) is 0.0500. The van der Waals surface area contributed by atoms with Crippen molar-refractivity contribution >= 4 is 27.8 Å². The molecule has 6 nitrogen and oxygen atoms in total. The molecule has 0 spiro atoms. The van der Waals surface area contributed by atoms with Gasteiger partial charge in [0.2, 0.25) is 0 Å². The highest BCUT2D eigenvalue weighted by atomic mass is 32.2. The van der Waals surface area contributed by atoms with Crippen LogP contribution in [0.5, 0.6) is 5.75 Å². The van der Waals surface area contributed by atoms with Gasteiger partial charge in [0.15, 0.2) is 5.16 Å². The molecule has 0 radical (unpaired) electrons. The van der Waals surface area contributed by atoms with Gasteiger partial charge in [-0.1, -0.05) is 30.3 Å². The van der Waals surface area contributed by atoms with Gasteiger partial charge in [-0.25, -0.2) is 9.78 Å². The number of benzene rings is 2. The Hall–Kier alpha value is -3.32. The summed E-state index contributed by atoms with van der Waals surface area (Å²) < 4.78 is 18.0. The predicted molar refractivity (Wildman–Crippen MR) is 102 cm³/mol. The zero-order chi connectivity index (χ0) is 18.6. The molecule has 2 aromatic heterocycles. The Bertz CT molecular complexity index is 1090. The topological polar surface area (TPSA) is 84.9 Å². The van der Waals surface area contributed by atoms with Crippen LogP contribution in [0.25, 0.3) is 11.0 Å². The Morgan fingerprint density at radius 2 is 1.93 bits per heavy atom. The molecule has 4 aromatic rings. The minimum Gasteiger partial charge on any atom is -0.423 e. The highest BCUT2D eigenvalue weighted by Gasteiger charge is 2.13. The minimum atomic E-state index is -1.37. The Morgan fingerprint density at radius 3 is 2.74 bits per heavy atom. The Labute approximate surface area is 157 Å². The molecule has 1 atom stereocenters. The summed E-state index contributed by atoms with van der Waals surface area (Å²) in [5, 5.41) is 0.385. The van der Waals surface area contributed by atoms with E-state index in [4.69, 9.17) is 4.74 Å². The molecule has 2 aromatic carbocycles. The van der Waals surface area contributed by atoms with Crippen molar-refractivity contribution in [1.82, 2.24) is 15.0 Å². The summed E-state index contributed by atoms with van der Waals surface area (Å²) >= 11 is 0. The van der Waals surface area contributed by atoms with Crippen LogP contribution < -0.4 is 4.74 Å². The Kier molecular flexibility index (Phi) is 4.76. The molecule has 27 heavy (non-hydrogen) atoms. The number of hydrogen-bond acceptors (Lipinski definition) is 5. The molecular formula is C20H15N3O3S. The van der Waals surface area contributed by atoms with Crippen LogP contribution in [0.4, 0.5) is 0 Å². The van der Waals surface area contributed by atoms with Crippen molar-refractivity contribution in [2.24, 2.45) is 0 Å². The first kappa shape index (κ1) is 17.1. The average molecular weight is 377 g/mol. The highest BCUT2D eigenvalue weighted by molar-refractivity contribution is 7.84. The molecule has 0 aliphatic rings. The van der Waals surface area contributed by atoms with Crippen LogP contribution in [-0.2, 0) is 16.6 Å². The summed E-state index contributed by atoms with van der Waals surface area (Å²) in [6, 6.07) is 17.6. The van der Waals surface area contributed by atoms with E-state index in [2.05, 4.69) is 15.0 Å². The van der Waals surface area contributed by atoms with Crippen molar-refractivity contribution in [1.29, 1.82) is 0 Å². The molecule has 0 amide bonds. The van der Waals surface area contributed by atoms with Gasteiger partial charge >= 0.3 is 5.97 Å². The van der Waals surface area contributed by atoms with E-state index in [9.17, 15) is 9.00 Å². The van der Waals surface area contributed by atoms with Gasteiger partial charge in [-0.3, -0.25) is 9.19 Å². The fourth-order valence-corrected chi connectivity index (χ4v) is 3.65. The maximum Gasteiger partial charge on any atom is 0.343 e. The van der Waals surface area contributed by atoms with Crippen molar-refractivity contribution in [3.63, 3.8) is 0 Å². The molecule has 2 heterocycles. The second-order valence-electron chi connectivity index (χ2n) is 5.83. The van der Waals surface area contributed by atoms with Gasteiger partial charge in [0.1, 0.15) is 5.75 Å². The molecule has 0 fully saturated rings. The van der Waals surface area contributed by atoms with E-state index in [1.807, 2.05) is 12.1 Å². The molecule has 0 bridgehead atoms. The van der Waals surface area contributed by atoms with E-state index in [0.717, 1.165) is 11.1 Å². The molecule has 7 heteroatoms. The van der Waals surface area contributed by atoms with Crippen molar-refractivity contribution in [2.75, 3.05) is 0 Å². The Morgan fingerprint density at radius 1 is 1.07 bits per heavy atom. The molecule has 0 saturated carbocycles. The van der Waals surface area contributed by atoms with Gasteiger partial charge < -0.3 is 9.72 Å². The third-order valence-electron chi connectivity index (χ3n) is 3.89. The first-order valence-electron chi connectivity index (χ1n) is 8.23. The Balaban J connectivity index is 1.50. The molecule has 0 aliphatic heterocycles. The maximum absolute atomic E-state index is 12.6. The third kappa shape index (κ3) is 3.93. The van der Waals surface area contributed by atoms with Crippen LogP contribution in [0.1, 0.15) is 15.9 Å². The van der Waals surface area contributed by atoms with E-state index in [1.54, 1.807) is 60.9 Å². The second kappa shape index (κ2) is 7.51. The number of imidazole rings is 1. The van der Waals surface area contributed by atoms with E-state index in [0.29, 0.717) is 22.0 Å². The molecule has 4 rings (SSSR count). The van der Waals surface area contributed by atoms with Gasteiger partial charge in [0.25, 0.3) is 0 Å². The van der Waals surface area contributed by atoms with Crippen LogP contribution in [0.3, 0.4) is 0 Å². The largest absolute Gasteiger partial charge is 0.423 e. The molecule has 1 unspecified atom stereocenters. The average Bonchev–Trinajstić information content (AvgIpc) is 3.13. The van der Waals surface area contributed by atoms with Gasteiger partial charge in [-0.05, 0) is 35.9 Å². The zero-order valence-corrected chi connectivity index (χ0v) is 15.0. The number of ether oxygens (including phenoxy) is 1. The summed E-state index contributed by atoms with van der Waals surface area (Å²) in [5.41, 5.74) is 2.62. The molecule has 134 valence electrons. The number of aromatic amines is 1. The number of carbonyl (C=O) groups excluding carboxylic acids is 1. The molecule has 0 saturated heterocycles. The van der Waals surface area contributed by atoms with Gasteiger partial charge in [0.05, 0.1) is 39.3 Å². The predicted octanol–water partition coefficient (Wildman–Crippen LogP) is 3.48. The number of para-hydroxylation sites is 1. The number of esters is 1. The lowest BCUT2D eigenvalue weighted by atomic mass is 10.1. The number of nitrogens with one attached hydrogen (secondary N) is 1. The van der Waals surface area contributed by atoms with E-state index in [-0.39, 0.29) is 5.75 Å². The third-order valence-corrected chi connectivity index (χ3v) is 5.11. The number of pyridine rings is 1. The van der Waals surface area contributed by atoms with Crippen LogP contribution in [0.15, 0.2) is 78.2 Å². The van der Waals surface area contributed by atoms with E-state index in [1.165, 1.54) is 0 Å². The lowest BCUT2D eigenvalue weighted by molar-refractivity contribution is 0.0734. The first-order chi connectivity index (χ1) is 13.2. The summed E-state index contributed by atoms with van der Waals surface area (Å²) in [7, 11) is -1.37. The van der Waals surface area contributed by atoms with Crippen molar-refractivity contribution in [3.8, 4) is 5.75 Å². The van der Waals surface area contributed by atoms with Gasteiger partial charge in [-0.2, -0.15) is 0 Å². The fourth-order valence-electron chi connectivity index (χ4n) is 2.60. The number of hydrogen-bond donors (Lipinski definition) is 1. The number of aromatic nitrogens is 3. The number of H-pyrrole nitrogens is 1. The summed E-state index contributed by atoms with van der Waals surface area (Å²) in [5.74, 6) is 0.260. The van der Waals surface area contributed by atoms with Crippen molar-refractivity contribution < 1.29 is 13.7 Å². The number of rotatable bonds is 5. The maximum atomic E-state index is 12.6.